The van der Waals surface area contributed by atoms with Gasteiger partial charge in [0.25, 0.3) is 5.91 Å². The molecule has 0 unspecified atom stereocenters. The molecule has 0 bridgehead atoms. The third-order valence-corrected chi connectivity index (χ3v) is 4.21. The Morgan fingerprint density at radius 3 is 2.24 bits per heavy atom. The second-order valence-electron chi connectivity index (χ2n) is 6.38. The molecule has 1 rings (SSSR count). The summed E-state index contributed by atoms with van der Waals surface area (Å²) in [6, 6.07) is 4.16. The standard InChI is InChI=1S/C17H20F3N3O2/c1-11(2)22(5)16(3,4)15(25)23(10-24)13-7-6-12(9-21)14(8-13)17(18,19)20/h6-8,10-11H,1-5H3. The Hall–Kier alpha value is -2.40. The lowest BCUT2D eigenvalue weighted by Gasteiger charge is -2.39. The van der Waals surface area contributed by atoms with Crippen molar-refractivity contribution < 1.29 is 22.8 Å². The number of hydrogen-bond donors (Lipinski definition) is 0. The van der Waals surface area contributed by atoms with E-state index in [1.165, 1.54) is 6.07 Å². The molecular weight excluding hydrogens is 335 g/mol. The van der Waals surface area contributed by atoms with Crippen LogP contribution in [0.5, 0.6) is 0 Å². The number of alkyl halides is 3. The molecule has 0 heterocycles. The van der Waals surface area contributed by atoms with Gasteiger partial charge in [0, 0.05) is 6.04 Å². The molecule has 136 valence electrons. The van der Waals surface area contributed by atoms with Gasteiger partial charge in [-0.05, 0) is 52.9 Å². The highest BCUT2D eigenvalue weighted by Crippen LogP contribution is 2.35. The summed E-state index contributed by atoms with van der Waals surface area (Å²) in [6.45, 7) is 6.87. The van der Waals surface area contributed by atoms with Gasteiger partial charge in [0.05, 0.1) is 28.4 Å². The van der Waals surface area contributed by atoms with Crippen LogP contribution >= 0.6 is 0 Å². The molecule has 0 fully saturated rings. The Labute approximate surface area is 144 Å². The Balaban J connectivity index is 3.40. The zero-order valence-corrected chi connectivity index (χ0v) is 14.7. The van der Waals surface area contributed by atoms with Crippen molar-refractivity contribution >= 4 is 18.0 Å². The quantitative estimate of drug-likeness (QED) is 0.761. The van der Waals surface area contributed by atoms with Gasteiger partial charge < -0.3 is 0 Å². The summed E-state index contributed by atoms with van der Waals surface area (Å²) in [7, 11) is 1.69. The van der Waals surface area contributed by atoms with Gasteiger partial charge >= 0.3 is 6.18 Å². The van der Waals surface area contributed by atoms with Crippen molar-refractivity contribution in [2.75, 3.05) is 11.9 Å². The van der Waals surface area contributed by atoms with Crippen LogP contribution in [0.15, 0.2) is 18.2 Å². The number of nitrogens with zero attached hydrogens (tertiary/aromatic N) is 3. The van der Waals surface area contributed by atoms with Crippen LogP contribution in [0.3, 0.4) is 0 Å². The van der Waals surface area contributed by atoms with Crippen molar-refractivity contribution in [3.8, 4) is 6.07 Å². The molecule has 0 aliphatic rings. The first-order valence-corrected chi connectivity index (χ1v) is 7.51. The Morgan fingerprint density at radius 2 is 1.84 bits per heavy atom. The molecule has 0 aliphatic heterocycles. The normalized spacial score (nSPS) is 12.2. The minimum absolute atomic E-state index is 0.0286. The molecule has 0 radical (unpaired) electrons. The predicted octanol–water partition coefficient (Wildman–Crippen LogP) is 3.19. The number of imide groups is 1. The van der Waals surface area contributed by atoms with Crippen molar-refractivity contribution in [2.45, 2.75) is 45.5 Å². The van der Waals surface area contributed by atoms with E-state index < -0.39 is 28.7 Å². The molecule has 25 heavy (non-hydrogen) atoms. The second kappa shape index (κ2) is 7.23. The fraction of sp³-hybridized carbons (Fsp3) is 0.471. The lowest BCUT2D eigenvalue weighted by molar-refractivity contribution is -0.138. The van der Waals surface area contributed by atoms with Gasteiger partial charge in [-0.3, -0.25) is 19.4 Å². The summed E-state index contributed by atoms with van der Waals surface area (Å²) in [5.74, 6) is -0.670. The van der Waals surface area contributed by atoms with Crippen molar-refractivity contribution in [2.24, 2.45) is 0 Å². The minimum atomic E-state index is -4.77. The maximum Gasteiger partial charge on any atom is 0.417 e. The Bertz CT molecular complexity index is 706. The van der Waals surface area contributed by atoms with E-state index >= 15 is 0 Å². The number of anilines is 1. The largest absolute Gasteiger partial charge is 0.417 e. The van der Waals surface area contributed by atoms with Crippen LogP contribution in [0.2, 0.25) is 0 Å². The van der Waals surface area contributed by atoms with Crippen LogP contribution in [0.25, 0.3) is 0 Å². The molecule has 8 heteroatoms. The van der Waals surface area contributed by atoms with Crippen molar-refractivity contribution in [1.29, 1.82) is 5.26 Å². The van der Waals surface area contributed by atoms with Gasteiger partial charge in [0.2, 0.25) is 6.41 Å². The van der Waals surface area contributed by atoms with E-state index in [-0.39, 0.29) is 18.1 Å². The molecule has 0 aliphatic carbocycles. The first-order valence-electron chi connectivity index (χ1n) is 7.51. The van der Waals surface area contributed by atoms with Crippen LogP contribution in [0.1, 0.15) is 38.8 Å². The molecule has 1 aromatic rings. The highest BCUT2D eigenvalue weighted by Gasteiger charge is 2.39. The third-order valence-electron chi connectivity index (χ3n) is 4.21. The fourth-order valence-electron chi connectivity index (χ4n) is 2.33. The first kappa shape index (κ1) is 20.6. The van der Waals surface area contributed by atoms with E-state index in [2.05, 4.69) is 0 Å². The van der Waals surface area contributed by atoms with Gasteiger partial charge in [-0.2, -0.15) is 18.4 Å². The van der Waals surface area contributed by atoms with Crippen LogP contribution in [-0.2, 0) is 15.8 Å². The average molecular weight is 355 g/mol. The fourth-order valence-corrected chi connectivity index (χ4v) is 2.33. The Kier molecular flexibility index (Phi) is 5.97. The highest BCUT2D eigenvalue weighted by atomic mass is 19.4. The van der Waals surface area contributed by atoms with E-state index in [4.69, 9.17) is 5.26 Å². The number of rotatable bonds is 5. The molecule has 0 N–H and O–H groups in total. The Morgan fingerprint density at radius 1 is 1.28 bits per heavy atom. The van der Waals surface area contributed by atoms with E-state index in [1.807, 2.05) is 13.8 Å². The van der Waals surface area contributed by atoms with Crippen LogP contribution in [0.4, 0.5) is 18.9 Å². The number of likely N-dealkylation sites (N-methyl/N-ethyl adjacent to an activating group) is 1. The van der Waals surface area contributed by atoms with Crippen molar-refractivity contribution in [3.05, 3.63) is 29.3 Å². The van der Waals surface area contributed by atoms with E-state index in [0.717, 1.165) is 12.1 Å². The molecule has 1 aromatic carbocycles. The molecule has 2 amide bonds. The molecular formula is C17H20F3N3O2. The summed E-state index contributed by atoms with van der Waals surface area (Å²) in [6.07, 6.45) is -4.59. The summed E-state index contributed by atoms with van der Waals surface area (Å²) in [5, 5.41) is 8.83. The summed E-state index contributed by atoms with van der Waals surface area (Å²) in [4.78, 5) is 26.5. The first-order chi connectivity index (χ1) is 11.4. The molecule has 5 nitrogen and oxygen atoms in total. The summed E-state index contributed by atoms with van der Waals surface area (Å²) >= 11 is 0. The van der Waals surface area contributed by atoms with Crippen molar-refractivity contribution in [3.63, 3.8) is 0 Å². The van der Waals surface area contributed by atoms with Gasteiger partial charge in [0.15, 0.2) is 0 Å². The summed E-state index contributed by atoms with van der Waals surface area (Å²) < 4.78 is 39.3. The predicted molar refractivity (Wildman–Crippen MR) is 86.7 cm³/mol. The molecule has 0 spiro atoms. The molecule has 0 atom stereocenters. The van der Waals surface area contributed by atoms with Gasteiger partial charge in [-0.15, -0.1) is 0 Å². The maximum atomic E-state index is 13.1. The zero-order chi connectivity index (χ0) is 19.6. The van der Waals surface area contributed by atoms with E-state index in [0.29, 0.717) is 11.0 Å². The average Bonchev–Trinajstić information content (AvgIpc) is 2.53. The molecule has 0 saturated heterocycles. The van der Waals surface area contributed by atoms with Crippen LogP contribution in [0, 0.1) is 11.3 Å². The van der Waals surface area contributed by atoms with Gasteiger partial charge in [0.1, 0.15) is 0 Å². The lowest BCUT2D eigenvalue weighted by atomic mass is 9.98. The monoisotopic (exact) mass is 355 g/mol. The third kappa shape index (κ3) is 4.17. The number of amides is 2. The number of benzene rings is 1. The number of nitriles is 1. The topological polar surface area (TPSA) is 64.4 Å². The minimum Gasteiger partial charge on any atom is -0.291 e. The number of carbonyl (C=O) groups is 2. The van der Waals surface area contributed by atoms with Crippen LogP contribution < -0.4 is 4.90 Å². The van der Waals surface area contributed by atoms with E-state index in [9.17, 15) is 22.8 Å². The van der Waals surface area contributed by atoms with Gasteiger partial charge in [-0.25, -0.2) is 0 Å². The lowest BCUT2D eigenvalue weighted by Crippen LogP contribution is -2.56. The number of carbonyl (C=O) groups excluding carboxylic acids is 2. The second-order valence-corrected chi connectivity index (χ2v) is 6.38. The number of hydrogen-bond acceptors (Lipinski definition) is 4. The maximum absolute atomic E-state index is 13.1. The van der Waals surface area contributed by atoms with Crippen LogP contribution in [-0.4, -0.2) is 35.8 Å². The summed E-state index contributed by atoms with van der Waals surface area (Å²) in [5.41, 5.74) is -3.13. The van der Waals surface area contributed by atoms with Crippen molar-refractivity contribution in [1.82, 2.24) is 4.90 Å². The zero-order valence-electron chi connectivity index (χ0n) is 14.7. The molecule has 0 saturated carbocycles. The molecule has 0 aromatic heterocycles. The highest BCUT2D eigenvalue weighted by molar-refractivity contribution is 6.11. The SMILES string of the molecule is CC(C)N(C)C(C)(C)C(=O)N(C=O)c1ccc(C#N)c(C(F)(F)F)c1. The van der Waals surface area contributed by atoms with E-state index in [1.54, 1.807) is 25.8 Å². The smallest absolute Gasteiger partial charge is 0.291 e. The number of halogens is 3. The van der Waals surface area contributed by atoms with Gasteiger partial charge in [-0.1, -0.05) is 0 Å².